The van der Waals surface area contributed by atoms with E-state index in [1.807, 2.05) is 16.7 Å². The van der Waals surface area contributed by atoms with Crippen LogP contribution in [0.5, 0.6) is 0 Å². The van der Waals surface area contributed by atoms with Gasteiger partial charge < -0.3 is 14.5 Å². The first-order valence-corrected chi connectivity index (χ1v) is 10.1. The number of carbonyl (C=O) groups is 2. The average Bonchev–Trinajstić information content (AvgIpc) is 3.26. The van der Waals surface area contributed by atoms with Crippen molar-refractivity contribution in [1.82, 2.24) is 9.80 Å². The molecule has 1 aliphatic carbocycles. The average molecular weight is 340 g/mol. The SMILES string of the molecule is CCOC1CCN(C(=O)[C@@H]2CSCN2C(=O)C2CCCC2)CC1. The second-order valence-corrected chi connectivity index (χ2v) is 7.78. The Morgan fingerprint density at radius 3 is 2.43 bits per heavy atom. The van der Waals surface area contributed by atoms with Crippen LogP contribution in [0.3, 0.4) is 0 Å². The van der Waals surface area contributed by atoms with Gasteiger partial charge in [-0.25, -0.2) is 0 Å². The van der Waals surface area contributed by atoms with Gasteiger partial charge in [0.15, 0.2) is 0 Å². The van der Waals surface area contributed by atoms with Crippen LogP contribution in [0, 0.1) is 5.92 Å². The lowest BCUT2D eigenvalue weighted by atomic mass is 10.0. The molecule has 5 nitrogen and oxygen atoms in total. The molecule has 0 aromatic rings. The Kier molecular flexibility index (Phi) is 5.85. The van der Waals surface area contributed by atoms with E-state index in [1.54, 1.807) is 11.8 Å². The second kappa shape index (κ2) is 7.88. The van der Waals surface area contributed by atoms with Gasteiger partial charge in [0.25, 0.3) is 0 Å². The van der Waals surface area contributed by atoms with E-state index in [0.29, 0.717) is 12.0 Å². The third kappa shape index (κ3) is 3.85. The van der Waals surface area contributed by atoms with E-state index in [4.69, 9.17) is 4.74 Å². The Labute approximate surface area is 143 Å². The molecule has 6 heteroatoms. The van der Waals surface area contributed by atoms with E-state index in [1.165, 1.54) is 0 Å². The molecule has 0 aromatic heterocycles. The number of hydrogen-bond donors (Lipinski definition) is 0. The van der Waals surface area contributed by atoms with Gasteiger partial charge in [-0.05, 0) is 32.6 Å². The van der Waals surface area contributed by atoms with Crippen LogP contribution in [0.2, 0.25) is 0 Å². The summed E-state index contributed by atoms with van der Waals surface area (Å²) in [5.74, 6) is 1.96. The number of amides is 2. The number of hydrogen-bond acceptors (Lipinski definition) is 4. The van der Waals surface area contributed by atoms with Crippen molar-refractivity contribution in [2.75, 3.05) is 31.3 Å². The van der Waals surface area contributed by atoms with Crippen molar-refractivity contribution < 1.29 is 14.3 Å². The second-order valence-electron chi connectivity index (χ2n) is 6.79. The van der Waals surface area contributed by atoms with Gasteiger partial charge in [0.05, 0.1) is 12.0 Å². The van der Waals surface area contributed by atoms with E-state index >= 15 is 0 Å². The molecule has 2 aliphatic heterocycles. The summed E-state index contributed by atoms with van der Waals surface area (Å²) in [7, 11) is 0. The maximum atomic E-state index is 12.9. The van der Waals surface area contributed by atoms with Crippen LogP contribution in [0.4, 0.5) is 0 Å². The van der Waals surface area contributed by atoms with Crippen molar-refractivity contribution in [3.8, 4) is 0 Å². The lowest BCUT2D eigenvalue weighted by Gasteiger charge is -2.35. The normalized spacial score (nSPS) is 26.9. The quantitative estimate of drug-likeness (QED) is 0.786. The monoisotopic (exact) mass is 340 g/mol. The highest BCUT2D eigenvalue weighted by atomic mass is 32.2. The number of ether oxygens (including phenoxy) is 1. The van der Waals surface area contributed by atoms with E-state index in [-0.39, 0.29) is 23.8 Å². The van der Waals surface area contributed by atoms with E-state index in [0.717, 1.165) is 64.0 Å². The van der Waals surface area contributed by atoms with Crippen LogP contribution in [0.15, 0.2) is 0 Å². The first-order valence-electron chi connectivity index (χ1n) is 8.99. The highest BCUT2D eigenvalue weighted by Crippen LogP contribution is 2.31. The summed E-state index contributed by atoms with van der Waals surface area (Å²) in [6.45, 7) is 4.27. The number of rotatable bonds is 4. The smallest absolute Gasteiger partial charge is 0.246 e. The summed E-state index contributed by atoms with van der Waals surface area (Å²) in [5, 5.41) is 0. The largest absolute Gasteiger partial charge is 0.378 e. The molecule has 0 spiro atoms. The van der Waals surface area contributed by atoms with Crippen molar-refractivity contribution in [3.05, 3.63) is 0 Å². The maximum Gasteiger partial charge on any atom is 0.246 e. The Bertz CT molecular complexity index is 432. The van der Waals surface area contributed by atoms with Gasteiger partial charge >= 0.3 is 0 Å². The number of nitrogens with zero attached hydrogens (tertiary/aromatic N) is 2. The van der Waals surface area contributed by atoms with Gasteiger partial charge in [-0.3, -0.25) is 9.59 Å². The Morgan fingerprint density at radius 1 is 1.09 bits per heavy atom. The zero-order valence-corrected chi connectivity index (χ0v) is 14.9. The van der Waals surface area contributed by atoms with E-state index in [9.17, 15) is 9.59 Å². The van der Waals surface area contributed by atoms with Gasteiger partial charge in [-0.2, -0.15) is 0 Å². The lowest BCUT2D eigenvalue weighted by molar-refractivity contribution is -0.146. The molecule has 0 radical (unpaired) electrons. The topological polar surface area (TPSA) is 49.9 Å². The van der Waals surface area contributed by atoms with Gasteiger partial charge in [0, 0.05) is 31.4 Å². The molecule has 2 amide bonds. The molecule has 0 aromatic carbocycles. The molecule has 3 rings (SSSR count). The Balaban J connectivity index is 1.57. The van der Waals surface area contributed by atoms with Crippen LogP contribution in [0.1, 0.15) is 45.4 Å². The fourth-order valence-corrected chi connectivity index (χ4v) is 5.12. The first-order chi connectivity index (χ1) is 11.2. The summed E-state index contributed by atoms with van der Waals surface area (Å²) in [5.41, 5.74) is 0. The van der Waals surface area contributed by atoms with Gasteiger partial charge in [0.2, 0.25) is 11.8 Å². The molecule has 1 saturated carbocycles. The molecular formula is C17H28N2O3S. The van der Waals surface area contributed by atoms with Crippen LogP contribution in [-0.4, -0.2) is 65.1 Å². The number of carbonyl (C=O) groups excluding carboxylic acids is 2. The summed E-state index contributed by atoms with van der Waals surface area (Å²) >= 11 is 1.71. The predicted octanol–water partition coefficient (Wildman–Crippen LogP) is 2.11. The predicted molar refractivity (Wildman–Crippen MR) is 91.1 cm³/mol. The zero-order valence-electron chi connectivity index (χ0n) is 14.0. The molecular weight excluding hydrogens is 312 g/mol. The number of piperidine rings is 1. The standard InChI is InChI=1S/C17H28N2O3S/c1-2-22-14-7-9-18(10-8-14)17(21)15-11-23-12-19(15)16(20)13-5-3-4-6-13/h13-15H,2-12H2,1H3/t15-/m0/s1. The highest BCUT2D eigenvalue weighted by Gasteiger charge is 2.40. The van der Waals surface area contributed by atoms with Gasteiger partial charge in [-0.1, -0.05) is 12.8 Å². The van der Waals surface area contributed by atoms with Crippen molar-refractivity contribution in [3.63, 3.8) is 0 Å². The Morgan fingerprint density at radius 2 is 1.78 bits per heavy atom. The van der Waals surface area contributed by atoms with Crippen LogP contribution in [-0.2, 0) is 14.3 Å². The van der Waals surface area contributed by atoms with Crippen molar-refractivity contribution in [2.24, 2.45) is 5.92 Å². The molecule has 130 valence electrons. The molecule has 3 aliphatic rings. The van der Waals surface area contributed by atoms with Gasteiger partial charge in [-0.15, -0.1) is 11.8 Å². The number of likely N-dealkylation sites (tertiary alicyclic amines) is 1. The zero-order chi connectivity index (χ0) is 16.2. The van der Waals surface area contributed by atoms with Crippen molar-refractivity contribution >= 4 is 23.6 Å². The minimum absolute atomic E-state index is 0.149. The summed E-state index contributed by atoms with van der Waals surface area (Å²) in [6.07, 6.45) is 6.42. The van der Waals surface area contributed by atoms with Crippen molar-refractivity contribution in [1.29, 1.82) is 0 Å². The van der Waals surface area contributed by atoms with Crippen LogP contribution in [0.25, 0.3) is 0 Å². The fourth-order valence-electron chi connectivity index (χ4n) is 3.96. The molecule has 0 bridgehead atoms. The third-order valence-corrected chi connectivity index (χ3v) is 6.32. The molecule has 23 heavy (non-hydrogen) atoms. The third-order valence-electron chi connectivity index (χ3n) is 5.31. The number of thioether (sulfide) groups is 1. The van der Waals surface area contributed by atoms with Crippen LogP contribution >= 0.6 is 11.8 Å². The molecule has 2 heterocycles. The minimum Gasteiger partial charge on any atom is -0.378 e. The summed E-state index contributed by atoms with van der Waals surface area (Å²) < 4.78 is 5.66. The molecule has 1 atom stereocenters. The molecule has 0 unspecified atom stereocenters. The van der Waals surface area contributed by atoms with Gasteiger partial charge in [0.1, 0.15) is 6.04 Å². The van der Waals surface area contributed by atoms with E-state index < -0.39 is 0 Å². The maximum absolute atomic E-state index is 12.9. The summed E-state index contributed by atoms with van der Waals surface area (Å²) in [6, 6.07) is -0.239. The fraction of sp³-hybridized carbons (Fsp3) is 0.882. The molecule has 3 fully saturated rings. The molecule has 0 N–H and O–H groups in total. The van der Waals surface area contributed by atoms with E-state index in [2.05, 4.69) is 0 Å². The highest BCUT2D eigenvalue weighted by molar-refractivity contribution is 7.99. The minimum atomic E-state index is -0.239. The summed E-state index contributed by atoms with van der Waals surface area (Å²) in [4.78, 5) is 29.4. The Hall–Kier alpha value is -0.750. The van der Waals surface area contributed by atoms with Crippen LogP contribution < -0.4 is 0 Å². The lowest BCUT2D eigenvalue weighted by Crippen LogP contribution is -2.52. The first kappa shape index (κ1) is 17.1. The van der Waals surface area contributed by atoms with Crippen molar-refractivity contribution in [2.45, 2.75) is 57.6 Å². The molecule has 2 saturated heterocycles.